The van der Waals surface area contributed by atoms with Gasteiger partial charge in [0, 0.05) is 77.7 Å². The minimum atomic E-state index is -1.35. The summed E-state index contributed by atoms with van der Waals surface area (Å²) in [6.07, 6.45) is 7.32. The number of rotatable bonds is 8. The number of thiophene rings is 6. The van der Waals surface area contributed by atoms with Gasteiger partial charge >= 0.3 is 7.12 Å². The van der Waals surface area contributed by atoms with Crippen molar-refractivity contribution in [1.82, 2.24) is 0 Å². The van der Waals surface area contributed by atoms with Gasteiger partial charge in [0.1, 0.15) is 0 Å². The van der Waals surface area contributed by atoms with Crippen molar-refractivity contribution in [2.45, 2.75) is 73.1 Å². The number of halogens is 2. The van der Waals surface area contributed by atoms with Crippen LogP contribution < -0.4 is 4.78 Å². The average molecular weight is 1500 g/mol. The second-order valence-corrected chi connectivity index (χ2v) is 30.7. The number of aryl methyl sites for hydroxylation is 4. The summed E-state index contributed by atoms with van der Waals surface area (Å²) < 4.78 is 10.0. The van der Waals surface area contributed by atoms with Gasteiger partial charge in [0.25, 0.3) is 11.4 Å². The largest absolute Gasteiger partial charge is 0.499 e. The van der Waals surface area contributed by atoms with Crippen LogP contribution in [0.1, 0.15) is 78.0 Å². The number of nitrogens with zero attached hydrogens (tertiary/aromatic N) is 2. The van der Waals surface area contributed by atoms with Crippen LogP contribution in [0.3, 0.4) is 0 Å². The molecule has 0 fully saturated rings. The maximum absolute atomic E-state index is 11.1. The molecule has 6 heterocycles. The molecule has 0 atom stereocenters. The predicted octanol–water partition coefficient (Wildman–Crippen LogP) is 24.9. The minimum Gasteiger partial charge on any atom is -0.423 e. The lowest BCUT2D eigenvalue weighted by Crippen LogP contribution is -2.26. The molecule has 0 unspecified atom stereocenters. The van der Waals surface area contributed by atoms with Crippen molar-refractivity contribution in [3.05, 3.63) is 297 Å². The summed E-state index contributed by atoms with van der Waals surface area (Å²) in [7, 11) is -1.35. The zero-order chi connectivity index (χ0) is 67.7. The smallest absolute Gasteiger partial charge is 0.423 e. The molecule has 2 N–H and O–H groups in total. The molecule has 6 aromatic heterocycles. The van der Waals surface area contributed by atoms with E-state index in [0.717, 1.165) is 47.9 Å². The van der Waals surface area contributed by atoms with Crippen LogP contribution in [0.5, 0.6) is 0 Å². The monoisotopic (exact) mass is 1500 g/mol. The van der Waals surface area contributed by atoms with Crippen molar-refractivity contribution in [1.29, 1.82) is 0 Å². The Balaban J connectivity index is 0.000000124. The molecule has 8 nitrogen and oxygen atoms in total. The molecule has 0 saturated carbocycles. The Morgan fingerprint density at radius 2 is 1.01 bits per heavy atom. The zero-order valence-corrected chi connectivity index (χ0v) is 61.5. The fourth-order valence-corrected chi connectivity index (χ4v) is 17.7. The van der Waals surface area contributed by atoms with E-state index in [-0.39, 0.29) is 16.3 Å². The van der Waals surface area contributed by atoms with Gasteiger partial charge in [-0.1, -0.05) is 163 Å². The van der Waals surface area contributed by atoms with Gasteiger partial charge in [-0.05, 0) is 228 Å². The van der Waals surface area contributed by atoms with E-state index in [4.69, 9.17) is 10.0 Å². The Morgan fingerprint density at radius 3 is 1.64 bits per heavy atom. The van der Waals surface area contributed by atoms with E-state index in [1.807, 2.05) is 61.6 Å². The van der Waals surface area contributed by atoms with Crippen molar-refractivity contribution < 1.29 is 19.9 Å². The number of unbranched alkanes of at least 4 members (excludes halogenated alkanes) is 4. The van der Waals surface area contributed by atoms with Gasteiger partial charge in [-0.3, -0.25) is 20.2 Å². The van der Waals surface area contributed by atoms with Gasteiger partial charge < -0.3 is 10.0 Å². The third-order valence-electron chi connectivity index (χ3n) is 15.5. The molecule has 16 rings (SSSR count). The number of hydrogen-bond donors (Lipinski definition) is 2. The van der Waals surface area contributed by atoms with Gasteiger partial charge in [-0.2, -0.15) is 0 Å². The summed E-state index contributed by atoms with van der Waals surface area (Å²) in [5.41, 5.74) is 11.6. The highest BCUT2D eigenvalue weighted by Gasteiger charge is 2.23. The molecule has 9 aromatic carbocycles. The molecular weight excluding hydrogens is 1440 g/mol. The number of fused-ring (bicyclic) bond motifs is 10. The first-order chi connectivity index (χ1) is 46.5. The van der Waals surface area contributed by atoms with Crippen molar-refractivity contribution in [2.24, 2.45) is 0 Å². The van der Waals surface area contributed by atoms with Crippen molar-refractivity contribution in [3.63, 3.8) is 0 Å². The van der Waals surface area contributed by atoms with Gasteiger partial charge in [0.05, 0.1) is 19.9 Å². The Morgan fingerprint density at radius 1 is 0.490 bits per heavy atom. The van der Waals surface area contributed by atoms with E-state index < -0.39 is 12.0 Å². The third kappa shape index (κ3) is 19.0. The van der Waals surface area contributed by atoms with Crippen LogP contribution in [0.2, 0.25) is 0 Å². The maximum atomic E-state index is 11.1. The molecule has 0 aliphatic heterocycles. The van der Waals surface area contributed by atoms with Gasteiger partial charge in [-0.25, -0.2) is 0 Å². The van der Waals surface area contributed by atoms with Gasteiger partial charge in [0.15, 0.2) is 0 Å². The lowest BCUT2D eigenvalue weighted by molar-refractivity contribution is -0.385. The van der Waals surface area contributed by atoms with Crippen LogP contribution in [0, 0.1) is 59.8 Å². The van der Waals surface area contributed by atoms with Crippen LogP contribution in [-0.2, 0) is 6.42 Å². The topological polar surface area (TPSA) is 127 Å². The lowest BCUT2D eigenvalue weighted by atomic mass is 9.89. The SMILES string of the molecule is Brc1ccc2ccsc2c1.CCCCCCC#Cc1ccc2ccsc2c1.Cc1ccc2c3c(sc2c1)-c1ccccc1C3.Cc1ccc2cc(-c3ccccc3[N+](=O)[O-])sc2c1.Cc1ccc2cc(B(O)O)sc2c1.Cc1ccc2ccsc2c1.O=[N+]([O-])c1ccccc1Br. The van der Waals surface area contributed by atoms with Gasteiger partial charge in [0.2, 0.25) is 0 Å². The summed E-state index contributed by atoms with van der Waals surface area (Å²) in [4.78, 5) is 22.9. The number of nitro benzene ring substituents is 2. The summed E-state index contributed by atoms with van der Waals surface area (Å²) in [6.45, 7) is 10.6. The third-order valence-corrected chi connectivity index (χ3v) is 22.8. The van der Waals surface area contributed by atoms with E-state index >= 15 is 0 Å². The van der Waals surface area contributed by atoms with E-state index in [1.165, 1.54) is 127 Å². The first kappa shape index (κ1) is 70.8. The standard InChI is InChI=1S/C16H12S.C16H18S.C15H11NO2S.C9H9BO2S.C9H8S.C8H5BrS.C6H4BrNO2/c1-10-6-7-13-14-9-11-4-2-3-5-12(11)16(14)17-15(13)8-10;1-2-3-4-5-6-7-8-14-9-10-15-11-12-17-16(15)13-14;1-10-6-7-11-9-15(19-14(11)8-10)12-4-2-3-5-13(12)16(17)18;1-6-2-3-7-5-9(10(11)12)13-8(7)4-6;1-7-2-3-8-4-5-10-9(8)6-7;9-7-2-1-6-3-4-10-8(6)5-7;7-5-3-1-2-4-6(5)8(9)10/h2-8H,9H2,1H3;9-13H,2-6H2,1H3;2-9H,1H3;2-5,11-12H,1H3;2-6H,1H3;1-5H;1-4H. The second-order valence-electron chi connectivity index (χ2n) is 22.8. The molecule has 96 heavy (non-hydrogen) atoms. The van der Waals surface area contributed by atoms with Crippen LogP contribution in [0.25, 0.3) is 81.4 Å². The van der Waals surface area contributed by atoms with E-state index in [0.29, 0.717) is 14.8 Å². The summed E-state index contributed by atoms with van der Waals surface area (Å²) in [6, 6.07) is 70.8. The van der Waals surface area contributed by atoms with Crippen molar-refractivity contribution in [2.75, 3.05) is 0 Å². The lowest BCUT2D eigenvalue weighted by Gasteiger charge is -1.98. The van der Waals surface area contributed by atoms with E-state index in [2.05, 4.69) is 214 Å². The highest BCUT2D eigenvalue weighted by Crippen LogP contribution is 2.46. The normalized spacial score (nSPS) is 10.8. The highest BCUT2D eigenvalue weighted by atomic mass is 79.9. The average Bonchev–Trinajstić information content (AvgIpc) is 1.60. The predicted molar refractivity (Wildman–Crippen MR) is 424 cm³/mol. The fourth-order valence-electron chi connectivity index (χ4n) is 10.6. The van der Waals surface area contributed by atoms with Crippen molar-refractivity contribution >= 4 is 184 Å². The molecule has 0 amide bonds. The first-order valence-electron chi connectivity index (χ1n) is 31.1. The number of nitro groups is 2. The van der Waals surface area contributed by atoms with Crippen LogP contribution in [0.15, 0.2) is 237 Å². The molecule has 0 saturated heterocycles. The number of para-hydroxylation sites is 2. The Hall–Kier alpha value is -7.96. The van der Waals surface area contributed by atoms with E-state index in [9.17, 15) is 20.2 Å². The first-order valence-corrected chi connectivity index (χ1v) is 37.8. The summed E-state index contributed by atoms with van der Waals surface area (Å²) in [5.74, 6) is 6.53. The second kappa shape index (κ2) is 34.3. The molecule has 0 spiro atoms. The molecule has 15 aromatic rings. The van der Waals surface area contributed by atoms with Crippen molar-refractivity contribution in [3.8, 4) is 32.7 Å². The maximum Gasteiger partial charge on any atom is 0.499 e. The number of hydrogen-bond acceptors (Lipinski definition) is 12. The Bertz CT molecular complexity index is 5150. The quantitative estimate of drug-likeness (QED) is 0.0513. The molecule has 1 aliphatic carbocycles. The fraction of sp³-hybridized carbons (Fsp3) is 0.139. The minimum absolute atomic E-state index is 0.0995. The molecule has 482 valence electrons. The molecule has 0 bridgehead atoms. The number of benzene rings is 9. The zero-order valence-electron chi connectivity index (χ0n) is 53.4. The van der Waals surface area contributed by atoms with Gasteiger partial charge in [-0.15, -0.1) is 68.0 Å². The molecule has 1 aliphatic rings. The molecular formula is C79H67BBr2N2O6S6. The Labute approximate surface area is 600 Å². The molecule has 17 heteroatoms. The van der Waals surface area contributed by atoms with Crippen LogP contribution >= 0.6 is 99.9 Å². The molecule has 0 radical (unpaired) electrons. The Kier molecular flexibility index (Phi) is 25.3. The summed E-state index contributed by atoms with van der Waals surface area (Å²) >= 11 is 16.8. The van der Waals surface area contributed by atoms with Crippen LogP contribution in [-0.4, -0.2) is 27.0 Å². The van der Waals surface area contributed by atoms with Crippen LogP contribution in [0.4, 0.5) is 11.4 Å². The van der Waals surface area contributed by atoms with E-state index in [1.54, 1.807) is 81.7 Å². The highest BCUT2D eigenvalue weighted by molar-refractivity contribution is 9.10. The summed E-state index contributed by atoms with van der Waals surface area (Å²) in [5, 5.41) is 53.2.